The molecule has 2 heterocycles. The normalized spacial score (nSPS) is 27.8. The standard InChI is InChI=1S/C18H26N2O3/c1-14-7-9-19(10-8-14)13-20-11-16(23-18(20)21)12-22-17-6-4-3-5-15(17)2/h3-6,14,16H,7-13H2,1-2H3/p+1. The molecule has 1 amide bonds. The van der Waals surface area contributed by atoms with Gasteiger partial charge in [-0.25, -0.2) is 4.79 Å². The number of hydrogen-bond donors (Lipinski definition) is 1. The number of hydrogen-bond acceptors (Lipinski definition) is 3. The molecule has 2 aliphatic heterocycles. The first-order chi connectivity index (χ1) is 11.1. The molecule has 0 spiro atoms. The van der Waals surface area contributed by atoms with Gasteiger partial charge in [0.1, 0.15) is 12.4 Å². The Bertz CT molecular complexity index is 541. The van der Waals surface area contributed by atoms with Crippen LogP contribution in [0.1, 0.15) is 25.3 Å². The molecular formula is C18H27N2O3+. The molecular weight excluding hydrogens is 292 g/mol. The second kappa shape index (κ2) is 7.21. The Kier molecular flexibility index (Phi) is 5.06. The maximum absolute atomic E-state index is 12.0. The molecule has 126 valence electrons. The fourth-order valence-electron chi connectivity index (χ4n) is 3.29. The summed E-state index contributed by atoms with van der Waals surface area (Å²) in [6.07, 6.45) is 2.12. The summed E-state index contributed by atoms with van der Waals surface area (Å²) in [6, 6.07) is 7.91. The fraction of sp³-hybridized carbons (Fsp3) is 0.611. The van der Waals surface area contributed by atoms with Crippen molar-refractivity contribution in [1.29, 1.82) is 0 Å². The highest BCUT2D eigenvalue weighted by molar-refractivity contribution is 5.69. The van der Waals surface area contributed by atoms with Crippen LogP contribution < -0.4 is 9.64 Å². The zero-order chi connectivity index (χ0) is 16.2. The topological polar surface area (TPSA) is 43.2 Å². The third-order valence-corrected chi connectivity index (χ3v) is 4.86. The molecule has 1 unspecified atom stereocenters. The molecule has 0 aliphatic carbocycles. The predicted octanol–water partition coefficient (Wildman–Crippen LogP) is 1.47. The van der Waals surface area contributed by atoms with Crippen LogP contribution in [-0.2, 0) is 4.74 Å². The lowest BCUT2D eigenvalue weighted by Crippen LogP contribution is -3.14. The summed E-state index contributed by atoms with van der Waals surface area (Å²) < 4.78 is 11.3. The molecule has 0 radical (unpaired) electrons. The smallest absolute Gasteiger partial charge is 0.414 e. The molecule has 1 N–H and O–H groups in total. The first kappa shape index (κ1) is 16.1. The lowest BCUT2D eigenvalue weighted by Gasteiger charge is -2.29. The lowest BCUT2D eigenvalue weighted by atomic mass is 10.00. The molecule has 2 fully saturated rings. The number of rotatable bonds is 5. The van der Waals surface area contributed by atoms with Gasteiger partial charge >= 0.3 is 6.09 Å². The van der Waals surface area contributed by atoms with Gasteiger partial charge in [-0.1, -0.05) is 25.1 Å². The van der Waals surface area contributed by atoms with E-state index in [9.17, 15) is 4.79 Å². The summed E-state index contributed by atoms with van der Waals surface area (Å²) in [4.78, 5) is 15.4. The first-order valence-electron chi connectivity index (χ1n) is 8.59. The van der Waals surface area contributed by atoms with Crippen LogP contribution in [0.3, 0.4) is 0 Å². The summed E-state index contributed by atoms with van der Waals surface area (Å²) >= 11 is 0. The minimum Gasteiger partial charge on any atom is -0.489 e. The van der Waals surface area contributed by atoms with Gasteiger partial charge in [-0.05, 0) is 37.3 Å². The maximum atomic E-state index is 12.0. The molecule has 2 aliphatic rings. The van der Waals surface area contributed by atoms with E-state index in [4.69, 9.17) is 9.47 Å². The van der Waals surface area contributed by atoms with Gasteiger partial charge in [-0.2, -0.15) is 0 Å². The van der Waals surface area contributed by atoms with Crippen LogP contribution >= 0.6 is 0 Å². The fourth-order valence-corrected chi connectivity index (χ4v) is 3.29. The van der Waals surface area contributed by atoms with Gasteiger partial charge in [0, 0.05) is 0 Å². The average Bonchev–Trinajstić information content (AvgIpc) is 2.89. The Balaban J connectivity index is 1.47. The summed E-state index contributed by atoms with van der Waals surface area (Å²) in [5, 5.41) is 0. The van der Waals surface area contributed by atoms with Crippen LogP contribution in [0.25, 0.3) is 0 Å². The van der Waals surface area contributed by atoms with E-state index in [1.807, 2.05) is 36.1 Å². The van der Waals surface area contributed by atoms with Crippen molar-refractivity contribution in [1.82, 2.24) is 4.90 Å². The molecule has 0 saturated carbocycles. The highest BCUT2D eigenvalue weighted by atomic mass is 16.6. The number of nitrogens with one attached hydrogen (secondary N) is 1. The number of carbonyl (C=O) groups is 1. The highest BCUT2D eigenvalue weighted by Gasteiger charge is 2.34. The first-order valence-corrected chi connectivity index (χ1v) is 8.59. The molecule has 0 bridgehead atoms. The largest absolute Gasteiger partial charge is 0.489 e. The zero-order valence-corrected chi connectivity index (χ0v) is 14.1. The Labute approximate surface area is 138 Å². The van der Waals surface area contributed by atoms with Crippen molar-refractivity contribution in [3.8, 4) is 5.75 Å². The monoisotopic (exact) mass is 319 g/mol. The average molecular weight is 319 g/mol. The van der Waals surface area contributed by atoms with Crippen molar-refractivity contribution in [3.63, 3.8) is 0 Å². The number of likely N-dealkylation sites (tertiary alicyclic amines) is 1. The number of piperidine rings is 1. The quantitative estimate of drug-likeness (QED) is 0.894. The van der Waals surface area contributed by atoms with Gasteiger partial charge < -0.3 is 14.4 Å². The molecule has 1 aromatic carbocycles. The van der Waals surface area contributed by atoms with Gasteiger partial charge in [0.15, 0.2) is 12.8 Å². The van der Waals surface area contributed by atoms with E-state index in [2.05, 4.69) is 6.92 Å². The molecule has 0 aromatic heterocycles. The predicted molar refractivity (Wildman–Crippen MR) is 87.6 cm³/mol. The second-order valence-electron chi connectivity index (χ2n) is 6.90. The van der Waals surface area contributed by atoms with Gasteiger partial charge in [0.25, 0.3) is 0 Å². The van der Waals surface area contributed by atoms with Crippen LogP contribution in [0.15, 0.2) is 24.3 Å². The van der Waals surface area contributed by atoms with E-state index in [1.165, 1.54) is 17.7 Å². The van der Waals surface area contributed by atoms with Crippen LogP contribution in [0.4, 0.5) is 4.79 Å². The molecule has 1 aromatic rings. The number of para-hydroxylation sites is 1. The third-order valence-electron chi connectivity index (χ3n) is 4.86. The van der Waals surface area contributed by atoms with Gasteiger partial charge in [-0.3, -0.25) is 4.90 Å². The molecule has 2 saturated heterocycles. The number of amides is 1. The van der Waals surface area contributed by atoms with E-state index >= 15 is 0 Å². The van der Waals surface area contributed by atoms with Crippen molar-refractivity contribution in [2.75, 3.05) is 32.9 Å². The van der Waals surface area contributed by atoms with E-state index in [-0.39, 0.29) is 12.2 Å². The number of ether oxygens (including phenoxy) is 2. The van der Waals surface area contributed by atoms with Crippen LogP contribution in [0.2, 0.25) is 0 Å². The Morgan fingerprint density at radius 1 is 1.30 bits per heavy atom. The number of carbonyl (C=O) groups excluding carboxylic acids is 1. The molecule has 5 heteroatoms. The zero-order valence-electron chi connectivity index (χ0n) is 14.1. The summed E-state index contributed by atoms with van der Waals surface area (Å²) in [7, 11) is 0. The van der Waals surface area contributed by atoms with Crippen LogP contribution in [0.5, 0.6) is 5.75 Å². The van der Waals surface area contributed by atoms with Gasteiger partial charge in [0.2, 0.25) is 0 Å². The number of nitrogens with zero attached hydrogens (tertiary/aromatic N) is 1. The van der Waals surface area contributed by atoms with Crippen molar-refractivity contribution in [3.05, 3.63) is 29.8 Å². The van der Waals surface area contributed by atoms with Crippen molar-refractivity contribution in [2.24, 2.45) is 5.92 Å². The number of aryl methyl sites for hydroxylation is 1. The minimum atomic E-state index is -0.200. The number of benzene rings is 1. The highest BCUT2D eigenvalue weighted by Crippen LogP contribution is 2.18. The van der Waals surface area contributed by atoms with Crippen LogP contribution in [0, 0.1) is 12.8 Å². The molecule has 3 rings (SSSR count). The van der Waals surface area contributed by atoms with E-state index < -0.39 is 0 Å². The summed E-state index contributed by atoms with van der Waals surface area (Å²) in [6.45, 7) is 8.42. The van der Waals surface area contributed by atoms with Crippen molar-refractivity contribution >= 4 is 6.09 Å². The van der Waals surface area contributed by atoms with E-state index in [0.717, 1.165) is 37.0 Å². The Morgan fingerprint density at radius 2 is 2.04 bits per heavy atom. The Morgan fingerprint density at radius 3 is 2.78 bits per heavy atom. The van der Waals surface area contributed by atoms with Crippen molar-refractivity contribution in [2.45, 2.75) is 32.8 Å². The molecule has 1 atom stereocenters. The third kappa shape index (κ3) is 4.16. The van der Waals surface area contributed by atoms with E-state index in [1.54, 1.807) is 0 Å². The van der Waals surface area contributed by atoms with Gasteiger partial charge in [0.05, 0.1) is 19.6 Å². The van der Waals surface area contributed by atoms with E-state index in [0.29, 0.717) is 13.2 Å². The second-order valence-corrected chi connectivity index (χ2v) is 6.90. The molecule has 5 nitrogen and oxygen atoms in total. The summed E-state index contributed by atoms with van der Waals surface area (Å²) in [5.74, 6) is 1.68. The number of quaternary nitrogens is 1. The maximum Gasteiger partial charge on any atom is 0.414 e. The SMILES string of the molecule is Cc1ccccc1OCC1CN(C[NH+]2CCC(C)CC2)C(=O)O1. The number of cyclic esters (lactones) is 1. The molecule has 23 heavy (non-hydrogen) atoms. The summed E-state index contributed by atoms with van der Waals surface area (Å²) in [5.41, 5.74) is 1.10. The van der Waals surface area contributed by atoms with Crippen LogP contribution in [-0.4, -0.2) is 50.0 Å². The van der Waals surface area contributed by atoms with Crippen molar-refractivity contribution < 1.29 is 19.2 Å². The minimum absolute atomic E-state index is 0.176. The van der Waals surface area contributed by atoms with Gasteiger partial charge in [-0.15, -0.1) is 0 Å². The Hall–Kier alpha value is -1.75. The lowest BCUT2D eigenvalue weighted by molar-refractivity contribution is -0.914.